The summed E-state index contributed by atoms with van der Waals surface area (Å²) in [5.74, 6) is 0.240. The molecule has 6 heteroatoms. The van der Waals surface area contributed by atoms with E-state index in [0.717, 1.165) is 43.5 Å². The van der Waals surface area contributed by atoms with E-state index in [1.807, 2.05) is 11.0 Å². The molecule has 1 fully saturated rings. The van der Waals surface area contributed by atoms with Gasteiger partial charge < -0.3 is 10.6 Å². The van der Waals surface area contributed by atoms with Crippen molar-refractivity contribution < 1.29 is 4.79 Å². The molecule has 2 heterocycles. The zero-order valence-electron chi connectivity index (χ0n) is 11.0. The summed E-state index contributed by atoms with van der Waals surface area (Å²) in [7, 11) is 0. The number of carbonyl (C=O) groups is 1. The van der Waals surface area contributed by atoms with E-state index in [-0.39, 0.29) is 5.91 Å². The maximum atomic E-state index is 11.9. The molecule has 0 aromatic carbocycles. The van der Waals surface area contributed by atoms with Crippen molar-refractivity contribution in [2.45, 2.75) is 19.4 Å². The van der Waals surface area contributed by atoms with Crippen molar-refractivity contribution in [2.75, 3.05) is 32.7 Å². The van der Waals surface area contributed by atoms with Crippen LogP contribution in [0.1, 0.15) is 17.7 Å². The summed E-state index contributed by atoms with van der Waals surface area (Å²) in [6.45, 7) is 5.03. The Hall–Kier alpha value is -0.620. The second kappa shape index (κ2) is 7.24. The SMILES string of the molecule is NCCCC(=O)N1CCN(Cc2ccc(Cl)s2)CC1. The van der Waals surface area contributed by atoms with Crippen LogP contribution in [-0.4, -0.2) is 48.4 Å². The van der Waals surface area contributed by atoms with Gasteiger partial charge in [-0.05, 0) is 25.1 Å². The molecule has 4 nitrogen and oxygen atoms in total. The Balaban J connectivity index is 1.74. The van der Waals surface area contributed by atoms with Gasteiger partial charge in [0.05, 0.1) is 4.34 Å². The molecule has 2 rings (SSSR count). The maximum absolute atomic E-state index is 11.9. The molecule has 1 aromatic rings. The highest BCUT2D eigenvalue weighted by Gasteiger charge is 2.20. The molecular weight excluding hydrogens is 282 g/mol. The first-order chi connectivity index (χ1) is 9.19. The summed E-state index contributed by atoms with van der Waals surface area (Å²) in [6.07, 6.45) is 1.36. The lowest BCUT2D eigenvalue weighted by Gasteiger charge is -2.34. The normalized spacial score (nSPS) is 16.8. The van der Waals surface area contributed by atoms with Crippen molar-refractivity contribution in [3.63, 3.8) is 0 Å². The predicted octanol–water partition coefficient (Wildman–Crippen LogP) is 1.78. The molecule has 1 aromatic heterocycles. The first-order valence-electron chi connectivity index (χ1n) is 6.63. The highest BCUT2D eigenvalue weighted by atomic mass is 35.5. The molecule has 0 unspecified atom stereocenters. The van der Waals surface area contributed by atoms with Gasteiger partial charge in [0.1, 0.15) is 0 Å². The van der Waals surface area contributed by atoms with Crippen molar-refractivity contribution in [1.29, 1.82) is 0 Å². The first kappa shape index (κ1) is 14.8. The Labute approximate surface area is 123 Å². The molecule has 0 radical (unpaired) electrons. The van der Waals surface area contributed by atoms with Gasteiger partial charge in [0.25, 0.3) is 0 Å². The summed E-state index contributed by atoms with van der Waals surface area (Å²) in [4.78, 5) is 17.5. The number of amides is 1. The van der Waals surface area contributed by atoms with Crippen LogP contribution in [0.2, 0.25) is 4.34 Å². The van der Waals surface area contributed by atoms with Gasteiger partial charge in [-0.1, -0.05) is 11.6 Å². The fraction of sp³-hybridized carbons (Fsp3) is 0.615. The highest BCUT2D eigenvalue weighted by Crippen LogP contribution is 2.23. The first-order valence-corrected chi connectivity index (χ1v) is 7.83. The third-order valence-corrected chi connectivity index (χ3v) is 4.54. The predicted molar refractivity (Wildman–Crippen MR) is 79.5 cm³/mol. The molecule has 0 spiro atoms. The van der Waals surface area contributed by atoms with Gasteiger partial charge in [-0.15, -0.1) is 11.3 Å². The van der Waals surface area contributed by atoms with Crippen LogP contribution in [0.3, 0.4) is 0 Å². The van der Waals surface area contributed by atoms with Crippen molar-refractivity contribution in [3.05, 3.63) is 21.3 Å². The van der Waals surface area contributed by atoms with Crippen LogP contribution in [-0.2, 0) is 11.3 Å². The van der Waals surface area contributed by atoms with Crippen LogP contribution >= 0.6 is 22.9 Å². The number of rotatable bonds is 5. The van der Waals surface area contributed by atoms with Crippen molar-refractivity contribution in [3.8, 4) is 0 Å². The van der Waals surface area contributed by atoms with E-state index < -0.39 is 0 Å². The average Bonchev–Trinajstić information content (AvgIpc) is 2.82. The molecule has 19 heavy (non-hydrogen) atoms. The minimum atomic E-state index is 0.240. The van der Waals surface area contributed by atoms with Gasteiger partial charge in [-0.3, -0.25) is 9.69 Å². The van der Waals surface area contributed by atoms with Crippen LogP contribution in [0.25, 0.3) is 0 Å². The molecule has 0 aliphatic carbocycles. The van der Waals surface area contributed by atoms with Crippen LogP contribution in [0.15, 0.2) is 12.1 Å². The molecule has 1 aliphatic rings. The van der Waals surface area contributed by atoms with E-state index in [1.165, 1.54) is 4.88 Å². The Morgan fingerprint density at radius 2 is 2.05 bits per heavy atom. The second-order valence-electron chi connectivity index (χ2n) is 4.75. The Bertz CT molecular complexity index is 416. The van der Waals surface area contributed by atoms with E-state index >= 15 is 0 Å². The molecule has 106 valence electrons. The van der Waals surface area contributed by atoms with Crippen molar-refractivity contribution in [2.24, 2.45) is 5.73 Å². The molecule has 1 saturated heterocycles. The monoisotopic (exact) mass is 301 g/mol. The van der Waals surface area contributed by atoms with Crippen LogP contribution < -0.4 is 5.73 Å². The molecule has 2 N–H and O–H groups in total. The maximum Gasteiger partial charge on any atom is 0.222 e. The van der Waals surface area contributed by atoms with Crippen LogP contribution in [0.4, 0.5) is 0 Å². The minimum Gasteiger partial charge on any atom is -0.340 e. The second-order valence-corrected chi connectivity index (χ2v) is 6.55. The highest BCUT2D eigenvalue weighted by molar-refractivity contribution is 7.16. The van der Waals surface area contributed by atoms with E-state index in [2.05, 4.69) is 11.0 Å². The Morgan fingerprint density at radius 1 is 1.32 bits per heavy atom. The third kappa shape index (κ3) is 4.45. The quantitative estimate of drug-likeness (QED) is 0.902. The zero-order valence-corrected chi connectivity index (χ0v) is 12.6. The summed E-state index contributed by atoms with van der Waals surface area (Å²) in [5, 5.41) is 0. The van der Waals surface area contributed by atoms with E-state index in [0.29, 0.717) is 13.0 Å². The van der Waals surface area contributed by atoms with E-state index in [9.17, 15) is 4.79 Å². The standard InChI is InChI=1S/C13H20ClN3OS/c14-12-4-3-11(19-12)10-16-6-8-17(9-7-16)13(18)2-1-5-15/h3-4H,1-2,5-10,15H2. The van der Waals surface area contributed by atoms with Crippen molar-refractivity contribution in [1.82, 2.24) is 9.80 Å². The number of carbonyl (C=O) groups excluding carboxylic acids is 1. The largest absolute Gasteiger partial charge is 0.340 e. The summed E-state index contributed by atoms with van der Waals surface area (Å²) in [6, 6.07) is 4.01. The lowest BCUT2D eigenvalue weighted by molar-refractivity contribution is -0.133. The van der Waals surface area contributed by atoms with Gasteiger partial charge in [-0.2, -0.15) is 0 Å². The van der Waals surface area contributed by atoms with Gasteiger partial charge >= 0.3 is 0 Å². The van der Waals surface area contributed by atoms with Crippen molar-refractivity contribution >= 4 is 28.8 Å². The minimum absolute atomic E-state index is 0.240. The molecular formula is C13H20ClN3OS. The van der Waals surface area contributed by atoms with Gasteiger partial charge in [0.2, 0.25) is 5.91 Å². The number of hydrogen-bond donors (Lipinski definition) is 1. The smallest absolute Gasteiger partial charge is 0.222 e. The number of nitrogens with two attached hydrogens (primary N) is 1. The average molecular weight is 302 g/mol. The summed E-state index contributed by atoms with van der Waals surface area (Å²) < 4.78 is 0.839. The molecule has 1 amide bonds. The Kier molecular flexibility index (Phi) is 5.63. The molecule has 0 bridgehead atoms. The number of thiophene rings is 1. The van der Waals surface area contributed by atoms with E-state index in [1.54, 1.807) is 11.3 Å². The van der Waals surface area contributed by atoms with Gasteiger partial charge in [0.15, 0.2) is 0 Å². The van der Waals surface area contributed by atoms with Gasteiger partial charge in [-0.25, -0.2) is 0 Å². The topological polar surface area (TPSA) is 49.6 Å². The van der Waals surface area contributed by atoms with Crippen LogP contribution in [0.5, 0.6) is 0 Å². The number of nitrogens with zero attached hydrogens (tertiary/aromatic N) is 2. The number of halogens is 1. The summed E-state index contributed by atoms with van der Waals surface area (Å²) >= 11 is 7.56. The Morgan fingerprint density at radius 3 is 2.63 bits per heavy atom. The number of hydrogen-bond acceptors (Lipinski definition) is 4. The summed E-state index contributed by atoms with van der Waals surface area (Å²) in [5.41, 5.74) is 5.43. The fourth-order valence-corrected chi connectivity index (χ4v) is 3.35. The molecule has 0 saturated carbocycles. The fourth-order valence-electron chi connectivity index (χ4n) is 2.22. The molecule has 0 atom stereocenters. The molecule has 1 aliphatic heterocycles. The number of piperazine rings is 1. The lowest BCUT2D eigenvalue weighted by Crippen LogP contribution is -2.48. The zero-order chi connectivity index (χ0) is 13.7. The van der Waals surface area contributed by atoms with Crippen LogP contribution in [0, 0.1) is 0 Å². The van der Waals surface area contributed by atoms with E-state index in [4.69, 9.17) is 17.3 Å². The lowest BCUT2D eigenvalue weighted by atomic mass is 10.2. The van der Waals surface area contributed by atoms with Gasteiger partial charge in [0, 0.05) is 44.0 Å². The third-order valence-electron chi connectivity index (χ3n) is 3.33.